The van der Waals surface area contributed by atoms with Gasteiger partial charge in [-0.05, 0) is 30.2 Å². The Morgan fingerprint density at radius 1 is 1.35 bits per heavy atom. The molecule has 0 amide bonds. The summed E-state index contributed by atoms with van der Waals surface area (Å²) in [4.78, 5) is 0.269. The number of nitriles is 1. The number of benzene rings is 1. The number of sulfonamides is 1. The Hall–Kier alpha value is -1.03. The number of thioether (sulfide) groups is 1. The molecule has 0 bridgehead atoms. The first kappa shape index (κ1) is 15.4. The van der Waals surface area contributed by atoms with Crippen LogP contribution in [0.15, 0.2) is 29.2 Å². The van der Waals surface area contributed by atoms with Gasteiger partial charge in [-0.2, -0.15) is 21.3 Å². The third-order valence-corrected chi connectivity index (χ3v) is 6.84. The zero-order valence-electron chi connectivity index (χ0n) is 11.6. The van der Waals surface area contributed by atoms with Gasteiger partial charge in [0.15, 0.2) is 0 Å². The lowest BCUT2D eigenvalue weighted by atomic mass is 10.1. The molecule has 1 saturated heterocycles. The van der Waals surface area contributed by atoms with Crippen LogP contribution in [0, 0.1) is 17.2 Å². The van der Waals surface area contributed by atoms with Crippen molar-refractivity contribution >= 4 is 21.8 Å². The van der Waals surface area contributed by atoms with E-state index in [4.69, 9.17) is 5.26 Å². The van der Waals surface area contributed by atoms with Crippen LogP contribution in [0.2, 0.25) is 0 Å². The number of nitrogens with zero attached hydrogens (tertiary/aromatic N) is 2. The highest BCUT2D eigenvalue weighted by Gasteiger charge is 2.31. The zero-order chi connectivity index (χ0) is 14.8. The van der Waals surface area contributed by atoms with Crippen LogP contribution in [0.1, 0.15) is 19.4 Å². The third kappa shape index (κ3) is 3.17. The third-order valence-electron chi connectivity index (χ3n) is 3.42. The molecule has 1 atom stereocenters. The summed E-state index contributed by atoms with van der Waals surface area (Å²) in [5.41, 5.74) is 0.471. The SMILES string of the molecule is CC(C)[C@H]1CN(S(=O)(=O)c2ccc(C#N)cc2)CCS1. The first-order valence-corrected chi connectivity index (χ1v) is 9.06. The molecular formula is C14H18N2O2S2. The second-order valence-electron chi connectivity index (χ2n) is 5.15. The van der Waals surface area contributed by atoms with Crippen molar-refractivity contribution in [2.24, 2.45) is 5.92 Å². The summed E-state index contributed by atoms with van der Waals surface area (Å²) < 4.78 is 26.7. The lowest BCUT2D eigenvalue weighted by Crippen LogP contribution is -2.43. The molecule has 1 heterocycles. The molecule has 0 spiro atoms. The molecule has 1 fully saturated rings. The van der Waals surface area contributed by atoms with Gasteiger partial charge in [0.2, 0.25) is 10.0 Å². The highest BCUT2D eigenvalue weighted by Crippen LogP contribution is 2.28. The largest absolute Gasteiger partial charge is 0.243 e. The van der Waals surface area contributed by atoms with E-state index in [1.807, 2.05) is 17.8 Å². The predicted octanol–water partition coefficient (Wildman–Crippen LogP) is 2.32. The quantitative estimate of drug-likeness (QED) is 0.859. The lowest BCUT2D eigenvalue weighted by Gasteiger charge is -2.33. The molecule has 0 unspecified atom stereocenters. The Kier molecular flexibility index (Phi) is 4.74. The van der Waals surface area contributed by atoms with Crippen molar-refractivity contribution in [3.05, 3.63) is 29.8 Å². The molecule has 2 rings (SSSR count). The summed E-state index contributed by atoms with van der Waals surface area (Å²) in [6.45, 7) is 5.35. The van der Waals surface area contributed by atoms with Gasteiger partial charge in [0.25, 0.3) is 0 Å². The maximum Gasteiger partial charge on any atom is 0.243 e. The topological polar surface area (TPSA) is 61.2 Å². The Morgan fingerprint density at radius 3 is 2.55 bits per heavy atom. The Balaban J connectivity index is 2.23. The van der Waals surface area contributed by atoms with Crippen molar-refractivity contribution < 1.29 is 8.42 Å². The van der Waals surface area contributed by atoms with Crippen molar-refractivity contribution in [2.45, 2.75) is 24.0 Å². The lowest BCUT2D eigenvalue weighted by molar-refractivity contribution is 0.391. The molecular weight excluding hydrogens is 292 g/mol. The van der Waals surface area contributed by atoms with Crippen molar-refractivity contribution in [2.75, 3.05) is 18.8 Å². The molecule has 1 aliphatic rings. The van der Waals surface area contributed by atoms with E-state index in [0.29, 0.717) is 29.8 Å². The Labute approximate surface area is 124 Å². The minimum absolute atomic E-state index is 0.269. The van der Waals surface area contributed by atoms with Crippen molar-refractivity contribution in [1.82, 2.24) is 4.31 Å². The van der Waals surface area contributed by atoms with Gasteiger partial charge >= 0.3 is 0 Å². The van der Waals surface area contributed by atoms with E-state index in [2.05, 4.69) is 13.8 Å². The van der Waals surface area contributed by atoms with E-state index in [0.717, 1.165) is 5.75 Å². The van der Waals surface area contributed by atoms with E-state index in [9.17, 15) is 8.42 Å². The first-order chi connectivity index (χ1) is 9.45. The molecule has 0 saturated carbocycles. The normalized spacial score (nSPS) is 20.8. The van der Waals surface area contributed by atoms with Crippen LogP contribution < -0.4 is 0 Å². The molecule has 6 heteroatoms. The molecule has 0 aliphatic carbocycles. The van der Waals surface area contributed by atoms with Crippen molar-refractivity contribution in [3.8, 4) is 6.07 Å². The van der Waals surface area contributed by atoms with E-state index in [1.54, 1.807) is 16.4 Å². The van der Waals surface area contributed by atoms with Gasteiger partial charge in [-0.3, -0.25) is 0 Å². The van der Waals surface area contributed by atoms with Gasteiger partial charge in [0.05, 0.1) is 16.5 Å². The van der Waals surface area contributed by atoms with Crippen molar-refractivity contribution in [1.29, 1.82) is 5.26 Å². The molecule has 1 aromatic carbocycles. The zero-order valence-corrected chi connectivity index (χ0v) is 13.2. The van der Waals surface area contributed by atoms with Crippen LogP contribution in [0.3, 0.4) is 0 Å². The van der Waals surface area contributed by atoms with E-state index < -0.39 is 10.0 Å². The monoisotopic (exact) mass is 310 g/mol. The Bertz CT molecular complexity index is 603. The summed E-state index contributed by atoms with van der Waals surface area (Å²) in [6.07, 6.45) is 0. The van der Waals surface area contributed by atoms with Crippen LogP contribution in [0.5, 0.6) is 0 Å². The fourth-order valence-electron chi connectivity index (χ4n) is 2.12. The highest BCUT2D eigenvalue weighted by atomic mass is 32.2. The molecule has 1 aromatic rings. The summed E-state index contributed by atoms with van der Waals surface area (Å²) in [6, 6.07) is 8.12. The standard InChI is InChI=1S/C14H18N2O2S2/c1-11(2)14-10-16(7-8-19-14)20(17,18)13-5-3-12(9-15)4-6-13/h3-6,11,14H,7-8,10H2,1-2H3/t14-/m1/s1. The van der Waals surface area contributed by atoms with Gasteiger partial charge in [0, 0.05) is 24.1 Å². The molecule has 20 heavy (non-hydrogen) atoms. The number of rotatable bonds is 3. The smallest absolute Gasteiger partial charge is 0.207 e. The van der Waals surface area contributed by atoms with Crippen LogP contribution >= 0.6 is 11.8 Å². The minimum Gasteiger partial charge on any atom is -0.207 e. The van der Waals surface area contributed by atoms with Gasteiger partial charge < -0.3 is 0 Å². The molecule has 0 N–H and O–H groups in total. The maximum absolute atomic E-state index is 12.6. The molecule has 4 nitrogen and oxygen atoms in total. The highest BCUT2D eigenvalue weighted by molar-refractivity contribution is 8.00. The van der Waals surface area contributed by atoms with Gasteiger partial charge in [-0.1, -0.05) is 13.8 Å². The van der Waals surface area contributed by atoms with Gasteiger partial charge in [-0.25, -0.2) is 8.42 Å². The Morgan fingerprint density at radius 2 is 2.00 bits per heavy atom. The molecule has 0 radical (unpaired) electrons. The summed E-state index contributed by atoms with van der Waals surface area (Å²) >= 11 is 1.84. The number of hydrogen-bond donors (Lipinski definition) is 0. The van der Waals surface area contributed by atoms with Crippen LogP contribution in [0.25, 0.3) is 0 Å². The van der Waals surface area contributed by atoms with Gasteiger partial charge in [-0.15, -0.1) is 0 Å². The van der Waals surface area contributed by atoms with E-state index >= 15 is 0 Å². The second-order valence-corrected chi connectivity index (χ2v) is 8.44. The van der Waals surface area contributed by atoms with Crippen LogP contribution in [-0.4, -0.2) is 36.8 Å². The van der Waals surface area contributed by atoms with Crippen molar-refractivity contribution in [3.63, 3.8) is 0 Å². The average molecular weight is 310 g/mol. The summed E-state index contributed by atoms with van der Waals surface area (Å²) in [5.74, 6) is 1.29. The molecule has 108 valence electrons. The van der Waals surface area contributed by atoms with E-state index in [1.165, 1.54) is 12.1 Å². The molecule has 1 aliphatic heterocycles. The van der Waals surface area contributed by atoms with Crippen LogP contribution in [-0.2, 0) is 10.0 Å². The molecule has 0 aromatic heterocycles. The van der Waals surface area contributed by atoms with Gasteiger partial charge in [0.1, 0.15) is 0 Å². The average Bonchev–Trinajstić information content (AvgIpc) is 2.47. The first-order valence-electron chi connectivity index (χ1n) is 6.57. The summed E-state index contributed by atoms with van der Waals surface area (Å²) in [5, 5.41) is 9.11. The summed E-state index contributed by atoms with van der Waals surface area (Å²) in [7, 11) is -3.44. The number of hydrogen-bond acceptors (Lipinski definition) is 4. The fraction of sp³-hybridized carbons (Fsp3) is 0.500. The predicted molar refractivity (Wildman–Crippen MR) is 81.0 cm³/mol. The second kappa shape index (κ2) is 6.17. The maximum atomic E-state index is 12.6. The van der Waals surface area contributed by atoms with E-state index in [-0.39, 0.29) is 4.90 Å². The minimum atomic E-state index is -3.44. The van der Waals surface area contributed by atoms with Crippen LogP contribution in [0.4, 0.5) is 0 Å². The fourth-order valence-corrected chi connectivity index (χ4v) is 5.10.